The highest BCUT2D eigenvalue weighted by molar-refractivity contribution is 5.80. The van der Waals surface area contributed by atoms with Crippen molar-refractivity contribution < 1.29 is 36.2 Å². The van der Waals surface area contributed by atoms with Gasteiger partial charge in [-0.3, -0.25) is 4.79 Å². The molecular weight excluding hydrogens is 292 g/mol. The Bertz CT molecular complexity index is 349. The molecule has 0 aliphatic carbocycles. The highest BCUT2D eigenvalue weighted by atomic mass is 19.4. The highest BCUT2D eigenvalue weighted by Gasteiger charge is 2.62. The van der Waals surface area contributed by atoms with Crippen LogP contribution < -0.4 is 0 Å². The van der Waals surface area contributed by atoms with Crippen LogP contribution in [0.3, 0.4) is 0 Å². The monoisotopic (exact) mass is 307 g/mol. The summed E-state index contributed by atoms with van der Waals surface area (Å²) in [4.78, 5) is 12.1. The molecule has 1 heterocycles. The third kappa shape index (κ3) is 4.26. The SMILES string of the molecule is CC1(O)CCCN(C(=O)C(C(F)(F)F)C(F)(F)F)CC1. The third-order valence-electron chi connectivity index (χ3n) is 3.28. The number of amides is 1. The number of likely N-dealkylation sites (tertiary alicyclic amines) is 1. The van der Waals surface area contributed by atoms with E-state index in [1.54, 1.807) is 0 Å². The molecule has 0 aromatic rings. The van der Waals surface area contributed by atoms with E-state index in [9.17, 15) is 36.2 Å². The van der Waals surface area contributed by atoms with Gasteiger partial charge in [-0.1, -0.05) is 0 Å². The van der Waals surface area contributed by atoms with Gasteiger partial charge in [0.05, 0.1) is 5.60 Å². The average molecular weight is 307 g/mol. The van der Waals surface area contributed by atoms with E-state index in [1.165, 1.54) is 6.92 Å². The summed E-state index contributed by atoms with van der Waals surface area (Å²) < 4.78 is 74.7. The molecule has 0 bridgehead atoms. The molecule has 1 saturated heterocycles. The number of alkyl halides is 6. The van der Waals surface area contributed by atoms with E-state index in [1.807, 2.05) is 0 Å². The van der Waals surface area contributed by atoms with Crippen LogP contribution in [-0.4, -0.2) is 47.0 Å². The maximum Gasteiger partial charge on any atom is 0.409 e. The van der Waals surface area contributed by atoms with Gasteiger partial charge < -0.3 is 10.0 Å². The summed E-state index contributed by atoms with van der Waals surface area (Å²) in [5.74, 6) is -6.00. The van der Waals surface area contributed by atoms with Gasteiger partial charge in [-0.05, 0) is 26.2 Å². The third-order valence-corrected chi connectivity index (χ3v) is 3.28. The molecule has 1 N–H and O–H groups in total. The molecule has 3 nitrogen and oxygen atoms in total. The normalized spacial score (nSPS) is 25.8. The zero-order chi connectivity index (χ0) is 15.8. The van der Waals surface area contributed by atoms with Crippen molar-refractivity contribution in [2.75, 3.05) is 13.1 Å². The predicted octanol–water partition coefficient (Wildman–Crippen LogP) is 2.49. The lowest BCUT2D eigenvalue weighted by atomic mass is 9.98. The zero-order valence-electron chi connectivity index (χ0n) is 10.7. The van der Waals surface area contributed by atoms with Gasteiger partial charge in [0, 0.05) is 13.1 Å². The molecule has 0 radical (unpaired) electrons. The Labute approximate surface area is 111 Å². The Morgan fingerprint density at radius 3 is 2.05 bits per heavy atom. The van der Waals surface area contributed by atoms with Crippen molar-refractivity contribution in [3.05, 3.63) is 0 Å². The molecule has 1 unspecified atom stereocenters. The van der Waals surface area contributed by atoms with Gasteiger partial charge in [0.15, 0.2) is 0 Å². The van der Waals surface area contributed by atoms with E-state index in [0.29, 0.717) is 4.90 Å². The van der Waals surface area contributed by atoms with E-state index >= 15 is 0 Å². The molecule has 118 valence electrons. The van der Waals surface area contributed by atoms with Gasteiger partial charge in [0.2, 0.25) is 11.8 Å². The summed E-state index contributed by atoms with van der Waals surface area (Å²) in [7, 11) is 0. The van der Waals surface area contributed by atoms with E-state index in [2.05, 4.69) is 0 Å². The quantitative estimate of drug-likeness (QED) is 0.756. The number of nitrogens with zero attached hydrogens (tertiary/aromatic N) is 1. The number of hydrogen-bond donors (Lipinski definition) is 1. The summed E-state index contributed by atoms with van der Waals surface area (Å²) >= 11 is 0. The molecule has 0 saturated carbocycles. The van der Waals surface area contributed by atoms with Gasteiger partial charge in [-0.2, -0.15) is 26.3 Å². The summed E-state index contributed by atoms with van der Waals surface area (Å²) in [5, 5.41) is 9.73. The fraction of sp³-hybridized carbons (Fsp3) is 0.909. The lowest BCUT2D eigenvalue weighted by molar-refractivity contribution is -0.277. The van der Waals surface area contributed by atoms with E-state index in [4.69, 9.17) is 0 Å². The first-order valence-corrected chi connectivity index (χ1v) is 5.99. The number of aliphatic hydroxyl groups is 1. The molecule has 9 heteroatoms. The molecule has 1 fully saturated rings. The molecular formula is C11H15F6NO2. The van der Waals surface area contributed by atoms with Crippen LogP contribution in [0.2, 0.25) is 0 Å². The van der Waals surface area contributed by atoms with Crippen molar-refractivity contribution in [1.29, 1.82) is 0 Å². The van der Waals surface area contributed by atoms with E-state index < -0.39 is 29.8 Å². The summed E-state index contributed by atoms with van der Waals surface area (Å²) in [6.45, 7) is 0.887. The number of hydrogen-bond acceptors (Lipinski definition) is 2. The Balaban J connectivity index is 2.91. The zero-order valence-corrected chi connectivity index (χ0v) is 10.7. The maximum atomic E-state index is 12.5. The Morgan fingerprint density at radius 2 is 1.60 bits per heavy atom. The first-order chi connectivity index (χ1) is 8.84. The summed E-state index contributed by atoms with van der Waals surface area (Å²) in [6, 6.07) is 0. The minimum absolute atomic E-state index is 0.0544. The van der Waals surface area contributed by atoms with Gasteiger partial charge >= 0.3 is 12.4 Å². The number of carbonyl (C=O) groups is 1. The molecule has 1 aliphatic rings. The largest absolute Gasteiger partial charge is 0.409 e. The van der Waals surface area contributed by atoms with Crippen molar-refractivity contribution in [1.82, 2.24) is 4.90 Å². The van der Waals surface area contributed by atoms with Gasteiger partial charge in [-0.15, -0.1) is 0 Å². The summed E-state index contributed by atoms with van der Waals surface area (Å²) in [6.07, 6.45) is -11.0. The fourth-order valence-corrected chi connectivity index (χ4v) is 2.13. The fourth-order valence-electron chi connectivity index (χ4n) is 2.13. The van der Waals surface area contributed by atoms with E-state index in [-0.39, 0.29) is 32.4 Å². The minimum atomic E-state index is -5.68. The summed E-state index contributed by atoms with van der Waals surface area (Å²) in [5.41, 5.74) is -1.18. The molecule has 1 aliphatic heterocycles. The number of halogens is 6. The van der Waals surface area contributed by atoms with Crippen LogP contribution in [0.15, 0.2) is 0 Å². The second kappa shape index (κ2) is 5.42. The van der Waals surface area contributed by atoms with Crippen LogP contribution in [0.4, 0.5) is 26.3 Å². The molecule has 20 heavy (non-hydrogen) atoms. The molecule has 1 atom stereocenters. The second-order valence-electron chi connectivity index (χ2n) is 5.19. The van der Waals surface area contributed by atoms with Gasteiger partial charge in [0.25, 0.3) is 0 Å². The average Bonchev–Trinajstić information content (AvgIpc) is 2.34. The second-order valence-corrected chi connectivity index (χ2v) is 5.19. The Morgan fingerprint density at radius 1 is 1.10 bits per heavy atom. The Kier molecular flexibility index (Phi) is 4.62. The van der Waals surface area contributed by atoms with Crippen molar-refractivity contribution in [2.24, 2.45) is 5.92 Å². The lowest BCUT2D eigenvalue weighted by Crippen LogP contribution is -2.50. The van der Waals surface area contributed by atoms with E-state index in [0.717, 1.165) is 0 Å². The predicted molar refractivity (Wildman–Crippen MR) is 56.7 cm³/mol. The number of carbonyl (C=O) groups excluding carboxylic acids is 1. The van der Waals surface area contributed by atoms with Crippen LogP contribution in [0.5, 0.6) is 0 Å². The maximum absolute atomic E-state index is 12.5. The minimum Gasteiger partial charge on any atom is -0.390 e. The molecule has 0 spiro atoms. The molecule has 0 aromatic heterocycles. The van der Waals surface area contributed by atoms with Crippen LogP contribution >= 0.6 is 0 Å². The first-order valence-electron chi connectivity index (χ1n) is 5.99. The van der Waals surface area contributed by atoms with Crippen molar-refractivity contribution in [2.45, 2.75) is 44.1 Å². The van der Waals surface area contributed by atoms with Crippen LogP contribution in [0, 0.1) is 5.92 Å². The van der Waals surface area contributed by atoms with Crippen LogP contribution in [0.1, 0.15) is 26.2 Å². The van der Waals surface area contributed by atoms with Crippen LogP contribution in [0.25, 0.3) is 0 Å². The highest BCUT2D eigenvalue weighted by Crippen LogP contribution is 2.40. The Hall–Kier alpha value is -0.990. The smallest absolute Gasteiger partial charge is 0.390 e. The molecule has 1 amide bonds. The molecule has 1 rings (SSSR count). The van der Waals surface area contributed by atoms with Crippen molar-refractivity contribution in [3.8, 4) is 0 Å². The standard InChI is InChI=1S/C11H15F6NO2/c1-9(20)3-2-5-18(6-4-9)8(19)7(10(12,13)14)11(15,16)17/h7,20H,2-6H2,1H3. The topological polar surface area (TPSA) is 40.5 Å². The number of rotatable bonds is 1. The van der Waals surface area contributed by atoms with Gasteiger partial charge in [-0.25, -0.2) is 0 Å². The van der Waals surface area contributed by atoms with Gasteiger partial charge in [0.1, 0.15) is 0 Å². The lowest BCUT2D eigenvalue weighted by Gasteiger charge is -2.29. The van der Waals surface area contributed by atoms with Crippen molar-refractivity contribution >= 4 is 5.91 Å². The van der Waals surface area contributed by atoms with Crippen molar-refractivity contribution in [3.63, 3.8) is 0 Å². The first kappa shape index (κ1) is 17.1. The molecule has 0 aromatic carbocycles. The van der Waals surface area contributed by atoms with Crippen LogP contribution in [-0.2, 0) is 4.79 Å².